The van der Waals surface area contributed by atoms with Crippen molar-refractivity contribution in [2.24, 2.45) is 0 Å². The largest absolute Gasteiger partial charge is 0.396 e. The van der Waals surface area contributed by atoms with Crippen LogP contribution < -0.4 is 16.6 Å². The predicted molar refractivity (Wildman–Crippen MR) is 62.5 cm³/mol. The average Bonchev–Trinajstić information content (AvgIpc) is 2.29. The van der Waals surface area contributed by atoms with Crippen LogP contribution in [0.2, 0.25) is 0 Å². The topological polar surface area (TPSA) is 124 Å². The molecule has 1 unspecified atom stereocenters. The number of rotatable bonds is 6. The Morgan fingerprint density at radius 1 is 1.56 bits per heavy atom. The van der Waals surface area contributed by atoms with Crippen molar-refractivity contribution in [3.05, 3.63) is 32.6 Å². The van der Waals surface area contributed by atoms with Gasteiger partial charge in [-0.25, -0.2) is 4.79 Å². The van der Waals surface area contributed by atoms with Crippen molar-refractivity contribution < 1.29 is 14.6 Å². The van der Waals surface area contributed by atoms with Crippen LogP contribution >= 0.6 is 0 Å². The summed E-state index contributed by atoms with van der Waals surface area (Å²) in [4.78, 5) is 38.1. The van der Waals surface area contributed by atoms with E-state index < -0.39 is 23.2 Å². The zero-order valence-corrected chi connectivity index (χ0v) is 9.86. The van der Waals surface area contributed by atoms with E-state index in [1.807, 2.05) is 4.98 Å². The van der Waals surface area contributed by atoms with Crippen molar-refractivity contribution in [2.75, 3.05) is 20.3 Å². The fourth-order valence-electron chi connectivity index (χ4n) is 1.40. The number of methoxy groups -OCH3 is 1. The summed E-state index contributed by atoms with van der Waals surface area (Å²) in [6.45, 7) is 0.101. The monoisotopic (exact) mass is 257 g/mol. The molecule has 1 aromatic rings. The molecule has 0 spiro atoms. The Kier molecular flexibility index (Phi) is 5.28. The average molecular weight is 257 g/mol. The molecule has 0 bridgehead atoms. The molecular formula is C10H15N3O5. The lowest BCUT2D eigenvalue weighted by Crippen LogP contribution is -2.41. The maximum Gasteiger partial charge on any atom is 0.325 e. The maximum atomic E-state index is 11.7. The molecule has 8 nitrogen and oxygen atoms in total. The highest BCUT2D eigenvalue weighted by atomic mass is 16.5. The molecule has 0 fully saturated rings. The first-order valence-corrected chi connectivity index (χ1v) is 5.31. The first kappa shape index (κ1) is 14.1. The van der Waals surface area contributed by atoms with E-state index in [0.717, 1.165) is 6.20 Å². The van der Waals surface area contributed by atoms with Crippen molar-refractivity contribution >= 4 is 5.91 Å². The smallest absolute Gasteiger partial charge is 0.325 e. The molecule has 0 saturated heterocycles. The highest BCUT2D eigenvalue weighted by molar-refractivity contribution is 5.93. The Morgan fingerprint density at radius 3 is 2.83 bits per heavy atom. The molecule has 1 atom stereocenters. The van der Waals surface area contributed by atoms with Gasteiger partial charge in [0.25, 0.3) is 11.5 Å². The van der Waals surface area contributed by atoms with E-state index in [1.54, 1.807) is 0 Å². The van der Waals surface area contributed by atoms with Crippen LogP contribution in [0, 0.1) is 0 Å². The zero-order valence-electron chi connectivity index (χ0n) is 9.86. The van der Waals surface area contributed by atoms with Crippen LogP contribution in [0.15, 0.2) is 15.8 Å². The minimum absolute atomic E-state index is 0.115. The first-order chi connectivity index (χ1) is 8.58. The highest BCUT2D eigenvalue weighted by Gasteiger charge is 2.16. The van der Waals surface area contributed by atoms with Crippen molar-refractivity contribution in [2.45, 2.75) is 12.5 Å². The van der Waals surface area contributed by atoms with Crippen molar-refractivity contribution in [3.63, 3.8) is 0 Å². The van der Waals surface area contributed by atoms with Gasteiger partial charge in [0.2, 0.25) is 0 Å². The standard InChI is InChI=1S/C10H15N3O5/c1-18-5-6(2-3-14)12-8(15)7-4-11-10(17)13-9(7)16/h4,6,14H,2-3,5H2,1H3,(H,12,15)(H2,11,13,16,17). The molecule has 0 aliphatic carbocycles. The molecule has 1 aromatic heterocycles. The normalized spacial score (nSPS) is 12.1. The summed E-state index contributed by atoms with van der Waals surface area (Å²) in [5, 5.41) is 11.3. The summed E-state index contributed by atoms with van der Waals surface area (Å²) in [7, 11) is 1.46. The molecule has 0 radical (unpaired) electrons. The van der Waals surface area contributed by atoms with Gasteiger partial charge in [-0.05, 0) is 6.42 Å². The Bertz CT molecular complexity index is 501. The van der Waals surface area contributed by atoms with Gasteiger partial charge in [0.1, 0.15) is 5.56 Å². The van der Waals surface area contributed by atoms with Crippen LogP contribution in [-0.4, -0.2) is 47.3 Å². The van der Waals surface area contributed by atoms with E-state index >= 15 is 0 Å². The lowest BCUT2D eigenvalue weighted by atomic mass is 10.2. The summed E-state index contributed by atoms with van der Waals surface area (Å²) < 4.78 is 4.87. The van der Waals surface area contributed by atoms with Crippen LogP contribution in [0.1, 0.15) is 16.8 Å². The second-order valence-corrected chi connectivity index (χ2v) is 3.62. The van der Waals surface area contributed by atoms with Gasteiger partial charge in [-0.3, -0.25) is 14.6 Å². The molecule has 4 N–H and O–H groups in total. The molecule has 0 aliphatic heterocycles. The number of ether oxygens (including phenoxy) is 1. The summed E-state index contributed by atoms with van der Waals surface area (Å²) in [6, 6.07) is -0.404. The Labute approximate surface area is 102 Å². The number of hydrogen-bond donors (Lipinski definition) is 4. The number of hydrogen-bond acceptors (Lipinski definition) is 5. The third kappa shape index (κ3) is 3.82. The lowest BCUT2D eigenvalue weighted by molar-refractivity contribution is 0.0876. The lowest BCUT2D eigenvalue weighted by Gasteiger charge is -2.16. The van der Waals surface area contributed by atoms with Crippen LogP contribution in [-0.2, 0) is 4.74 Å². The van der Waals surface area contributed by atoms with E-state index in [4.69, 9.17) is 9.84 Å². The molecule has 100 valence electrons. The van der Waals surface area contributed by atoms with E-state index in [1.165, 1.54) is 7.11 Å². The Morgan fingerprint density at radius 2 is 2.28 bits per heavy atom. The van der Waals surface area contributed by atoms with Gasteiger partial charge in [0.05, 0.1) is 12.6 Å². The molecule has 0 saturated carbocycles. The van der Waals surface area contributed by atoms with Gasteiger partial charge >= 0.3 is 5.69 Å². The number of aliphatic hydroxyl groups is 1. The zero-order chi connectivity index (χ0) is 13.5. The molecular weight excluding hydrogens is 242 g/mol. The second kappa shape index (κ2) is 6.72. The minimum atomic E-state index is -0.767. The number of carbonyl (C=O) groups excluding carboxylic acids is 1. The first-order valence-electron chi connectivity index (χ1n) is 5.31. The number of amides is 1. The molecule has 0 aromatic carbocycles. The summed E-state index contributed by atoms with van der Waals surface area (Å²) >= 11 is 0. The number of aromatic amines is 2. The highest BCUT2D eigenvalue weighted by Crippen LogP contribution is 1.94. The van der Waals surface area contributed by atoms with E-state index in [2.05, 4.69) is 10.3 Å². The van der Waals surface area contributed by atoms with Crippen LogP contribution in [0.5, 0.6) is 0 Å². The van der Waals surface area contributed by atoms with E-state index in [0.29, 0.717) is 6.42 Å². The molecule has 1 amide bonds. The molecule has 1 rings (SSSR count). The molecule has 1 heterocycles. The predicted octanol–water partition coefficient (Wildman–Crippen LogP) is -1.81. The summed E-state index contributed by atoms with van der Waals surface area (Å²) in [5.41, 5.74) is -1.65. The van der Waals surface area contributed by atoms with Crippen LogP contribution in [0.4, 0.5) is 0 Å². The number of aromatic nitrogens is 2. The van der Waals surface area contributed by atoms with Gasteiger partial charge in [-0.2, -0.15) is 0 Å². The number of carbonyl (C=O) groups is 1. The van der Waals surface area contributed by atoms with Gasteiger partial charge in [0.15, 0.2) is 0 Å². The Balaban J connectivity index is 2.80. The SMILES string of the molecule is COCC(CCO)NC(=O)c1c[nH]c(=O)[nH]c1=O. The fraction of sp³-hybridized carbons (Fsp3) is 0.500. The number of H-pyrrole nitrogens is 2. The molecule has 0 aliphatic rings. The number of aliphatic hydroxyl groups excluding tert-OH is 1. The van der Waals surface area contributed by atoms with Crippen LogP contribution in [0.25, 0.3) is 0 Å². The summed E-state index contributed by atoms with van der Waals surface area (Å²) in [6.07, 6.45) is 1.35. The molecule has 8 heteroatoms. The number of nitrogens with one attached hydrogen (secondary N) is 3. The van der Waals surface area contributed by atoms with Crippen molar-refractivity contribution in [1.82, 2.24) is 15.3 Å². The van der Waals surface area contributed by atoms with Gasteiger partial charge in [-0.1, -0.05) is 0 Å². The van der Waals surface area contributed by atoms with Gasteiger partial charge < -0.3 is 20.1 Å². The second-order valence-electron chi connectivity index (χ2n) is 3.62. The fourth-order valence-corrected chi connectivity index (χ4v) is 1.40. The van der Waals surface area contributed by atoms with Crippen LogP contribution in [0.3, 0.4) is 0 Å². The van der Waals surface area contributed by atoms with Crippen molar-refractivity contribution in [3.8, 4) is 0 Å². The third-order valence-electron chi connectivity index (χ3n) is 2.24. The third-order valence-corrected chi connectivity index (χ3v) is 2.24. The molecule has 18 heavy (non-hydrogen) atoms. The quantitative estimate of drug-likeness (QED) is 0.478. The van der Waals surface area contributed by atoms with Crippen molar-refractivity contribution in [1.29, 1.82) is 0 Å². The minimum Gasteiger partial charge on any atom is -0.396 e. The van der Waals surface area contributed by atoms with Gasteiger partial charge in [0, 0.05) is 19.9 Å². The van der Waals surface area contributed by atoms with Gasteiger partial charge in [-0.15, -0.1) is 0 Å². The maximum absolute atomic E-state index is 11.7. The van der Waals surface area contributed by atoms with E-state index in [9.17, 15) is 14.4 Å². The van der Waals surface area contributed by atoms with E-state index in [-0.39, 0.29) is 18.8 Å². The summed E-state index contributed by atoms with van der Waals surface area (Å²) in [5.74, 6) is -0.636. The Hall–Kier alpha value is -1.93.